The molecule has 0 bridgehead atoms. The summed E-state index contributed by atoms with van der Waals surface area (Å²) in [7, 11) is -7.61. The number of piperidine rings is 1. The Morgan fingerprint density at radius 3 is 2.32 bits per heavy atom. The van der Waals surface area contributed by atoms with Crippen molar-refractivity contribution in [2.24, 2.45) is 5.92 Å². The van der Waals surface area contributed by atoms with Crippen molar-refractivity contribution < 1.29 is 21.6 Å². The minimum absolute atomic E-state index is 0.00400. The first kappa shape index (κ1) is 27.3. The van der Waals surface area contributed by atoms with E-state index in [0.29, 0.717) is 30.6 Å². The van der Waals surface area contributed by atoms with Crippen LogP contribution in [0.5, 0.6) is 0 Å². The maximum Gasteiger partial charge on any atom is 0.263 e. The number of aromatic nitrogens is 1. The molecule has 1 atom stereocenters. The van der Waals surface area contributed by atoms with Crippen LogP contribution < -0.4 is 10.0 Å². The molecule has 2 N–H and O–H groups in total. The van der Waals surface area contributed by atoms with Gasteiger partial charge in [0.2, 0.25) is 15.9 Å². The summed E-state index contributed by atoms with van der Waals surface area (Å²) in [6.07, 6.45) is 2.51. The second-order valence-electron chi connectivity index (χ2n) is 8.49. The number of rotatable bonds is 8. The molecule has 1 aromatic heterocycles. The van der Waals surface area contributed by atoms with Crippen LogP contribution in [0.1, 0.15) is 18.4 Å². The monoisotopic (exact) mass is 582 g/mol. The summed E-state index contributed by atoms with van der Waals surface area (Å²) in [5.74, 6) is -1.09. The van der Waals surface area contributed by atoms with Gasteiger partial charge in [-0.05, 0) is 61.4 Å². The number of amides is 1. The molecule has 37 heavy (non-hydrogen) atoms. The van der Waals surface area contributed by atoms with Crippen molar-refractivity contribution in [2.75, 3.05) is 23.1 Å². The zero-order valence-corrected chi connectivity index (χ0v) is 22.6. The Morgan fingerprint density at radius 1 is 0.973 bits per heavy atom. The number of nitrogens with one attached hydrogen (secondary N) is 2. The largest absolute Gasteiger partial charge is 0.326 e. The van der Waals surface area contributed by atoms with Gasteiger partial charge in [-0.25, -0.2) is 26.1 Å². The normalized spacial score (nSPS) is 16.8. The quantitative estimate of drug-likeness (QED) is 0.406. The van der Waals surface area contributed by atoms with Crippen molar-refractivity contribution in [3.63, 3.8) is 0 Å². The van der Waals surface area contributed by atoms with Crippen molar-refractivity contribution in [1.29, 1.82) is 0 Å². The number of benzene rings is 2. The van der Waals surface area contributed by atoms with E-state index in [4.69, 9.17) is 23.2 Å². The van der Waals surface area contributed by atoms with Gasteiger partial charge in [0.25, 0.3) is 10.0 Å². The van der Waals surface area contributed by atoms with E-state index in [1.807, 2.05) is 0 Å². The number of halogens is 2. The van der Waals surface area contributed by atoms with Gasteiger partial charge in [-0.3, -0.25) is 9.52 Å². The van der Waals surface area contributed by atoms with E-state index in [9.17, 15) is 21.6 Å². The van der Waals surface area contributed by atoms with Crippen LogP contribution in [-0.4, -0.2) is 45.1 Å². The van der Waals surface area contributed by atoms with Gasteiger partial charge in [0.15, 0.2) is 0 Å². The van der Waals surface area contributed by atoms with E-state index >= 15 is 0 Å². The van der Waals surface area contributed by atoms with Gasteiger partial charge >= 0.3 is 0 Å². The number of carbonyl (C=O) groups excluding carboxylic acids is 1. The fourth-order valence-corrected chi connectivity index (χ4v) is 7.31. The summed E-state index contributed by atoms with van der Waals surface area (Å²) in [6.45, 7) is 0.320. The van der Waals surface area contributed by atoms with Crippen molar-refractivity contribution in [3.8, 4) is 0 Å². The molecule has 196 valence electrons. The van der Waals surface area contributed by atoms with E-state index < -0.39 is 26.0 Å². The van der Waals surface area contributed by atoms with Gasteiger partial charge < -0.3 is 5.32 Å². The van der Waals surface area contributed by atoms with Crippen LogP contribution >= 0.6 is 23.2 Å². The molecule has 1 saturated heterocycles. The summed E-state index contributed by atoms with van der Waals surface area (Å²) < 4.78 is 54.9. The molecule has 2 aromatic carbocycles. The Kier molecular flexibility index (Phi) is 8.39. The topological polar surface area (TPSA) is 126 Å². The highest BCUT2D eigenvalue weighted by atomic mass is 35.5. The molecule has 1 fully saturated rings. The van der Waals surface area contributed by atoms with E-state index in [2.05, 4.69) is 15.0 Å². The minimum atomic E-state index is -3.85. The maximum absolute atomic E-state index is 13.1. The lowest BCUT2D eigenvalue weighted by Crippen LogP contribution is -2.44. The van der Waals surface area contributed by atoms with Gasteiger partial charge in [-0.15, -0.1) is 0 Å². The summed E-state index contributed by atoms with van der Waals surface area (Å²) in [6, 6.07) is 15.3. The average Bonchev–Trinajstić information content (AvgIpc) is 2.87. The summed E-state index contributed by atoms with van der Waals surface area (Å²) >= 11 is 12.3. The SMILES string of the molecule is O=C(Nc1ccc(S(=O)(=O)Nc2ccccn2)cc1)[C@@H]1CCCN(S(=O)(=O)Cc2c(Cl)cccc2Cl)C1. The average molecular weight is 584 g/mol. The zero-order chi connectivity index (χ0) is 26.6. The highest BCUT2D eigenvalue weighted by Crippen LogP contribution is 2.29. The molecule has 0 radical (unpaired) electrons. The number of sulfonamides is 2. The number of carbonyl (C=O) groups is 1. The van der Waals surface area contributed by atoms with E-state index in [0.717, 1.165) is 0 Å². The fraction of sp³-hybridized carbons (Fsp3) is 0.250. The predicted octanol–water partition coefficient (Wildman–Crippen LogP) is 4.37. The number of hydrogen-bond donors (Lipinski definition) is 2. The fourth-order valence-electron chi connectivity index (χ4n) is 3.93. The third-order valence-corrected chi connectivity index (χ3v) is 9.72. The third-order valence-electron chi connectivity index (χ3n) is 5.87. The first-order chi connectivity index (χ1) is 17.5. The molecule has 4 rings (SSSR count). The van der Waals surface area contributed by atoms with Crippen LogP contribution in [0.15, 0.2) is 71.8 Å². The predicted molar refractivity (Wildman–Crippen MR) is 143 cm³/mol. The Labute approximate surface area is 225 Å². The van der Waals surface area contributed by atoms with Crippen LogP contribution in [0.25, 0.3) is 0 Å². The number of pyridine rings is 1. The first-order valence-corrected chi connectivity index (χ1v) is 15.2. The van der Waals surface area contributed by atoms with E-state index in [-0.39, 0.29) is 39.0 Å². The van der Waals surface area contributed by atoms with Crippen LogP contribution in [0, 0.1) is 5.92 Å². The molecular formula is C24H24Cl2N4O5S2. The van der Waals surface area contributed by atoms with Gasteiger partial charge in [0.1, 0.15) is 5.82 Å². The van der Waals surface area contributed by atoms with E-state index in [1.54, 1.807) is 30.3 Å². The second kappa shape index (κ2) is 11.4. The van der Waals surface area contributed by atoms with Crippen LogP contribution in [-0.2, 0) is 30.6 Å². The highest BCUT2D eigenvalue weighted by molar-refractivity contribution is 7.92. The molecular weight excluding hydrogens is 559 g/mol. The van der Waals surface area contributed by atoms with E-state index in [1.165, 1.54) is 40.8 Å². The van der Waals surface area contributed by atoms with Crippen molar-refractivity contribution in [2.45, 2.75) is 23.5 Å². The van der Waals surface area contributed by atoms with Crippen LogP contribution in [0.4, 0.5) is 11.5 Å². The van der Waals surface area contributed by atoms with Crippen molar-refractivity contribution in [1.82, 2.24) is 9.29 Å². The Hall–Kier alpha value is -2.70. The molecule has 0 spiro atoms. The second-order valence-corrected chi connectivity index (χ2v) is 13.0. The van der Waals surface area contributed by atoms with Crippen molar-refractivity contribution in [3.05, 3.63) is 82.5 Å². The highest BCUT2D eigenvalue weighted by Gasteiger charge is 2.33. The van der Waals surface area contributed by atoms with Crippen LogP contribution in [0.2, 0.25) is 10.0 Å². The molecule has 0 aliphatic carbocycles. The number of anilines is 2. The molecule has 1 aliphatic heterocycles. The molecule has 1 aliphatic rings. The molecule has 0 unspecified atom stereocenters. The standard InChI is InChI=1S/C24H24Cl2N4O5S2/c25-21-6-3-7-22(26)20(21)16-36(32,33)30-14-4-5-17(15-30)24(31)28-18-9-11-19(12-10-18)37(34,35)29-23-8-1-2-13-27-23/h1-3,6-13,17H,4-5,14-16H2,(H,27,29)(H,28,31)/t17-/m1/s1. The molecule has 3 aromatic rings. The lowest BCUT2D eigenvalue weighted by atomic mass is 9.99. The Bertz CT molecular complexity index is 1470. The Balaban J connectivity index is 1.39. The van der Waals surface area contributed by atoms with Gasteiger partial charge in [-0.2, -0.15) is 0 Å². The first-order valence-electron chi connectivity index (χ1n) is 11.3. The summed E-state index contributed by atoms with van der Waals surface area (Å²) in [5, 5.41) is 3.28. The molecule has 9 nitrogen and oxygen atoms in total. The lowest BCUT2D eigenvalue weighted by Gasteiger charge is -2.31. The minimum Gasteiger partial charge on any atom is -0.326 e. The number of hydrogen-bond acceptors (Lipinski definition) is 6. The number of nitrogens with zero attached hydrogens (tertiary/aromatic N) is 2. The van der Waals surface area contributed by atoms with Gasteiger partial charge in [0.05, 0.1) is 16.6 Å². The smallest absolute Gasteiger partial charge is 0.263 e. The summed E-state index contributed by atoms with van der Waals surface area (Å²) in [4.78, 5) is 16.9. The third kappa shape index (κ3) is 6.79. The van der Waals surface area contributed by atoms with Gasteiger partial charge in [-0.1, -0.05) is 35.3 Å². The zero-order valence-electron chi connectivity index (χ0n) is 19.5. The molecule has 1 amide bonds. The summed E-state index contributed by atoms with van der Waals surface area (Å²) in [5.41, 5.74) is 0.717. The van der Waals surface area contributed by atoms with Gasteiger partial charge in [0, 0.05) is 40.6 Å². The molecule has 2 heterocycles. The van der Waals surface area contributed by atoms with Crippen LogP contribution in [0.3, 0.4) is 0 Å². The van der Waals surface area contributed by atoms with Crippen molar-refractivity contribution >= 4 is 60.7 Å². The lowest BCUT2D eigenvalue weighted by molar-refractivity contribution is -0.120. The molecule has 0 saturated carbocycles. The maximum atomic E-state index is 13.1. The Morgan fingerprint density at radius 2 is 1.68 bits per heavy atom. The molecule has 13 heteroatoms.